The maximum absolute atomic E-state index is 10.7. The van der Waals surface area contributed by atoms with Crippen LogP contribution >= 0.6 is 0 Å². The number of hydrogen-bond donors (Lipinski definition) is 1. The molecule has 1 saturated heterocycles. The van der Waals surface area contributed by atoms with Gasteiger partial charge in [0.1, 0.15) is 0 Å². The summed E-state index contributed by atoms with van der Waals surface area (Å²) in [5, 5.41) is 0. The van der Waals surface area contributed by atoms with Crippen LogP contribution in [0.2, 0.25) is 0 Å². The third-order valence-electron chi connectivity index (χ3n) is 2.84. The summed E-state index contributed by atoms with van der Waals surface area (Å²) in [6, 6.07) is 0. The SMILES string of the molecule is NC(=O)CN1CCC(=C2CC2)CC1. The van der Waals surface area contributed by atoms with E-state index in [0.717, 1.165) is 25.9 Å². The summed E-state index contributed by atoms with van der Waals surface area (Å²) in [7, 11) is 0. The lowest BCUT2D eigenvalue weighted by atomic mass is 10.0. The van der Waals surface area contributed by atoms with Crippen molar-refractivity contribution < 1.29 is 4.79 Å². The predicted octanol–water partition coefficient (Wildman–Crippen LogP) is 0.658. The van der Waals surface area contributed by atoms with Crippen LogP contribution in [0, 0.1) is 0 Å². The monoisotopic (exact) mass is 180 g/mol. The fourth-order valence-electron chi connectivity index (χ4n) is 1.97. The number of likely N-dealkylation sites (tertiary alicyclic amines) is 1. The van der Waals surface area contributed by atoms with Gasteiger partial charge in [-0.25, -0.2) is 0 Å². The van der Waals surface area contributed by atoms with Crippen LogP contribution in [0.5, 0.6) is 0 Å². The summed E-state index contributed by atoms with van der Waals surface area (Å²) in [5.41, 5.74) is 8.47. The summed E-state index contributed by atoms with van der Waals surface area (Å²) in [4.78, 5) is 12.8. The van der Waals surface area contributed by atoms with E-state index in [9.17, 15) is 4.79 Å². The predicted molar refractivity (Wildman–Crippen MR) is 51.1 cm³/mol. The summed E-state index contributed by atoms with van der Waals surface area (Å²) >= 11 is 0. The molecule has 2 aliphatic rings. The minimum absolute atomic E-state index is 0.206. The highest BCUT2D eigenvalue weighted by Crippen LogP contribution is 2.35. The molecule has 2 fully saturated rings. The molecule has 0 unspecified atom stereocenters. The quantitative estimate of drug-likeness (QED) is 0.634. The van der Waals surface area contributed by atoms with E-state index in [1.807, 2.05) is 0 Å². The Morgan fingerprint density at radius 2 is 1.69 bits per heavy atom. The lowest BCUT2D eigenvalue weighted by molar-refractivity contribution is -0.119. The van der Waals surface area contributed by atoms with Crippen molar-refractivity contribution in [2.45, 2.75) is 25.7 Å². The van der Waals surface area contributed by atoms with E-state index < -0.39 is 0 Å². The molecule has 1 aliphatic carbocycles. The second-order valence-corrected chi connectivity index (χ2v) is 3.95. The Labute approximate surface area is 78.6 Å². The van der Waals surface area contributed by atoms with Gasteiger partial charge in [-0.2, -0.15) is 0 Å². The van der Waals surface area contributed by atoms with Gasteiger partial charge in [-0.3, -0.25) is 9.69 Å². The van der Waals surface area contributed by atoms with Crippen molar-refractivity contribution >= 4 is 5.91 Å². The number of amides is 1. The normalized spacial score (nSPS) is 23.4. The largest absolute Gasteiger partial charge is 0.369 e. The molecule has 1 aliphatic heterocycles. The molecule has 0 radical (unpaired) electrons. The van der Waals surface area contributed by atoms with E-state index in [0.29, 0.717) is 6.54 Å². The second kappa shape index (κ2) is 3.50. The number of allylic oxidation sites excluding steroid dienone is 1. The number of hydrogen-bond acceptors (Lipinski definition) is 2. The van der Waals surface area contributed by atoms with Gasteiger partial charge in [-0.1, -0.05) is 11.1 Å². The maximum Gasteiger partial charge on any atom is 0.231 e. The van der Waals surface area contributed by atoms with Crippen molar-refractivity contribution in [2.24, 2.45) is 5.73 Å². The van der Waals surface area contributed by atoms with Crippen LogP contribution in [0.1, 0.15) is 25.7 Å². The van der Waals surface area contributed by atoms with Crippen molar-refractivity contribution in [3.63, 3.8) is 0 Å². The standard InChI is InChI=1S/C10H16N2O/c11-10(13)7-12-5-3-9(4-6-12)8-1-2-8/h1-7H2,(H2,11,13). The zero-order valence-corrected chi connectivity index (χ0v) is 7.88. The average molecular weight is 180 g/mol. The molecule has 13 heavy (non-hydrogen) atoms. The zero-order chi connectivity index (χ0) is 9.26. The number of nitrogens with two attached hydrogens (primary N) is 1. The number of piperidine rings is 1. The number of rotatable bonds is 2. The van der Waals surface area contributed by atoms with Gasteiger partial charge in [0.2, 0.25) is 5.91 Å². The Bertz CT molecular complexity index is 242. The summed E-state index contributed by atoms with van der Waals surface area (Å²) in [6.07, 6.45) is 4.96. The molecule has 0 aromatic rings. The lowest BCUT2D eigenvalue weighted by Gasteiger charge is -2.26. The molecule has 0 atom stereocenters. The molecule has 0 aromatic heterocycles. The molecule has 0 aromatic carbocycles. The zero-order valence-electron chi connectivity index (χ0n) is 7.88. The van der Waals surface area contributed by atoms with Crippen LogP contribution in [0.25, 0.3) is 0 Å². The third kappa shape index (κ3) is 2.31. The number of carbonyl (C=O) groups is 1. The third-order valence-corrected chi connectivity index (χ3v) is 2.84. The molecule has 2 rings (SSSR count). The van der Waals surface area contributed by atoms with E-state index in [4.69, 9.17) is 5.73 Å². The first kappa shape index (κ1) is 8.75. The fourth-order valence-corrected chi connectivity index (χ4v) is 1.97. The summed E-state index contributed by atoms with van der Waals surface area (Å²) < 4.78 is 0. The van der Waals surface area contributed by atoms with Crippen molar-refractivity contribution in [1.29, 1.82) is 0 Å². The molecular formula is C10H16N2O. The topological polar surface area (TPSA) is 46.3 Å². The Hall–Kier alpha value is -0.830. The van der Waals surface area contributed by atoms with E-state index in [-0.39, 0.29) is 5.91 Å². The Morgan fingerprint density at radius 3 is 2.15 bits per heavy atom. The van der Waals surface area contributed by atoms with Crippen LogP contribution in [0.15, 0.2) is 11.1 Å². The summed E-state index contributed by atoms with van der Waals surface area (Å²) in [6.45, 7) is 2.46. The van der Waals surface area contributed by atoms with Gasteiger partial charge in [0.05, 0.1) is 6.54 Å². The average Bonchev–Trinajstić information content (AvgIpc) is 2.87. The second-order valence-electron chi connectivity index (χ2n) is 3.95. The highest BCUT2D eigenvalue weighted by molar-refractivity contribution is 5.75. The molecule has 3 nitrogen and oxygen atoms in total. The van der Waals surface area contributed by atoms with Crippen LogP contribution < -0.4 is 5.73 Å². The first-order valence-electron chi connectivity index (χ1n) is 4.96. The van der Waals surface area contributed by atoms with Gasteiger partial charge >= 0.3 is 0 Å². The van der Waals surface area contributed by atoms with Crippen LogP contribution in [-0.2, 0) is 4.79 Å². The minimum atomic E-state index is -0.206. The maximum atomic E-state index is 10.7. The smallest absolute Gasteiger partial charge is 0.231 e. The van der Waals surface area contributed by atoms with E-state index in [2.05, 4.69) is 4.90 Å². The van der Waals surface area contributed by atoms with Crippen molar-refractivity contribution in [1.82, 2.24) is 4.90 Å². The Kier molecular flexibility index (Phi) is 2.36. The van der Waals surface area contributed by atoms with Crippen LogP contribution in [-0.4, -0.2) is 30.4 Å². The summed E-state index contributed by atoms with van der Waals surface area (Å²) in [5.74, 6) is -0.206. The minimum Gasteiger partial charge on any atom is -0.369 e. The van der Waals surface area contributed by atoms with E-state index in [1.54, 1.807) is 11.1 Å². The number of nitrogens with zero attached hydrogens (tertiary/aromatic N) is 1. The molecular weight excluding hydrogens is 164 g/mol. The van der Waals surface area contributed by atoms with Gasteiger partial charge in [0, 0.05) is 13.1 Å². The molecule has 0 spiro atoms. The van der Waals surface area contributed by atoms with Crippen molar-refractivity contribution in [3.05, 3.63) is 11.1 Å². The lowest BCUT2D eigenvalue weighted by Crippen LogP contribution is -2.37. The van der Waals surface area contributed by atoms with Crippen molar-refractivity contribution in [3.8, 4) is 0 Å². The van der Waals surface area contributed by atoms with E-state index in [1.165, 1.54) is 12.8 Å². The number of primary amides is 1. The van der Waals surface area contributed by atoms with Gasteiger partial charge < -0.3 is 5.73 Å². The van der Waals surface area contributed by atoms with Crippen LogP contribution in [0.3, 0.4) is 0 Å². The molecule has 1 heterocycles. The van der Waals surface area contributed by atoms with Crippen LogP contribution in [0.4, 0.5) is 0 Å². The van der Waals surface area contributed by atoms with Gasteiger partial charge in [-0.15, -0.1) is 0 Å². The Morgan fingerprint density at radius 1 is 1.15 bits per heavy atom. The van der Waals surface area contributed by atoms with Gasteiger partial charge in [0.25, 0.3) is 0 Å². The number of carbonyl (C=O) groups excluding carboxylic acids is 1. The highest BCUT2D eigenvalue weighted by atomic mass is 16.1. The molecule has 1 saturated carbocycles. The highest BCUT2D eigenvalue weighted by Gasteiger charge is 2.22. The molecule has 1 amide bonds. The van der Waals surface area contributed by atoms with Crippen molar-refractivity contribution in [2.75, 3.05) is 19.6 Å². The van der Waals surface area contributed by atoms with Gasteiger partial charge in [-0.05, 0) is 25.7 Å². The first-order chi connectivity index (χ1) is 6.25. The van der Waals surface area contributed by atoms with Gasteiger partial charge in [0.15, 0.2) is 0 Å². The molecule has 72 valence electrons. The Balaban J connectivity index is 1.82. The van der Waals surface area contributed by atoms with E-state index >= 15 is 0 Å². The fraction of sp³-hybridized carbons (Fsp3) is 0.700. The molecule has 3 heteroatoms. The first-order valence-corrected chi connectivity index (χ1v) is 4.96. The molecule has 2 N–H and O–H groups in total. The molecule has 0 bridgehead atoms.